The minimum Gasteiger partial charge on any atom is -0.497 e. The highest BCUT2D eigenvalue weighted by Crippen LogP contribution is 2.38. The summed E-state index contributed by atoms with van der Waals surface area (Å²) in [4.78, 5) is 21.4. The van der Waals surface area contributed by atoms with E-state index >= 15 is 0 Å². The Labute approximate surface area is 168 Å². The number of carbonyl (C=O) groups is 2. The summed E-state index contributed by atoms with van der Waals surface area (Å²) < 4.78 is 10.7. The number of carboxylic acids is 2. The van der Waals surface area contributed by atoms with Gasteiger partial charge in [0, 0.05) is 23.6 Å². The molecular weight excluding hydrogens is 382 g/mol. The van der Waals surface area contributed by atoms with Gasteiger partial charge in [-0.15, -0.1) is 0 Å². The fraction of sp³-hybridized carbons (Fsp3) is 0.200. The van der Waals surface area contributed by atoms with Crippen molar-refractivity contribution in [1.29, 1.82) is 0 Å². The van der Waals surface area contributed by atoms with Gasteiger partial charge in [-0.1, -0.05) is 30.0 Å². The van der Waals surface area contributed by atoms with Crippen molar-refractivity contribution < 1.29 is 29.3 Å². The number of carboxylic acid groups (broad SMARTS) is 2. The van der Waals surface area contributed by atoms with E-state index in [0.717, 1.165) is 22.9 Å². The molecule has 0 fully saturated rings. The van der Waals surface area contributed by atoms with Crippen molar-refractivity contribution in [2.24, 2.45) is 0 Å². The van der Waals surface area contributed by atoms with Gasteiger partial charge in [0.05, 0.1) is 19.1 Å². The van der Waals surface area contributed by atoms with E-state index in [2.05, 4.69) is 23.5 Å². The number of rotatable bonds is 8. The Kier molecular flexibility index (Phi) is 10.2. The largest absolute Gasteiger partial charge is 0.497 e. The number of methoxy groups -OCH3 is 2. The number of nitrogens with one attached hydrogen (secondary N) is 1. The van der Waals surface area contributed by atoms with Crippen molar-refractivity contribution in [3.63, 3.8) is 0 Å². The minimum atomic E-state index is -1.26. The summed E-state index contributed by atoms with van der Waals surface area (Å²) >= 11 is 1.69. The summed E-state index contributed by atoms with van der Waals surface area (Å²) in [6, 6.07) is 14.2. The van der Waals surface area contributed by atoms with Crippen LogP contribution in [0.1, 0.15) is 5.56 Å². The molecule has 2 aromatic rings. The Hall–Kier alpha value is -2.97. The molecule has 3 N–H and O–H groups in total. The van der Waals surface area contributed by atoms with Gasteiger partial charge in [-0.25, -0.2) is 9.59 Å². The topological polar surface area (TPSA) is 105 Å². The van der Waals surface area contributed by atoms with Gasteiger partial charge in [0.1, 0.15) is 11.5 Å². The van der Waals surface area contributed by atoms with E-state index in [0.29, 0.717) is 12.2 Å². The SMILES string of the molecule is CNCc1ccccc1Sc1cc(OC)ccc1OC.O=C(O)/C=C\C(=O)O. The van der Waals surface area contributed by atoms with Crippen LogP contribution in [-0.4, -0.2) is 43.4 Å². The number of ether oxygens (including phenoxy) is 2. The van der Waals surface area contributed by atoms with Crippen molar-refractivity contribution in [3.8, 4) is 11.5 Å². The van der Waals surface area contributed by atoms with Gasteiger partial charge in [-0.3, -0.25) is 0 Å². The second-order valence-corrected chi connectivity index (χ2v) is 6.35. The highest BCUT2D eigenvalue weighted by molar-refractivity contribution is 7.99. The minimum absolute atomic E-state index is 0.558. The first-order valence-electron chi connectivity index (χ1n) is 8.17. The maximum atomic E-state index is 9.55. The molecule has 7 nitrogen and oxygen atoms in total. The van der Waals surface area contributed by atoms with Crippen LogP contribution in [0, 0.1) is 0 Å². The van der Waals surface area contributed by atoms with E-state index in [9.17, 15) is 9.59 Å². The zero-order chi connectivity index (χ0) is 20.9. The lowest BCUT2D eigenvalue weighted by molar-refractivity contribution is -0.134. The quantitative estimate of drug-likeness (QED) is 0.575. The molecule has 0 amide bonds. The van der Waals surface area contributed by atoms with E-state index in [1.54, 1.807) is 26.0 Å². The molecule has 150 valence electrons. The van der Waals surface area contributed by atoms with Crippen molar-refractivity contribution >= 4 is 23.7 Å². The maximum Gasteiger partial charge on any atom is 0.328 e. The molecule has 0 spiro atoms. The number of benzene rings is 2. The lowest BCUT2D eigenvalue weighted by Crippen LogP contribution is -2.05. The first-order chi connectivity index (χ1) is 13.4. The summed E-state index contributed by atoms with van der Waals surface area (Å²) in [6.45, 7) is 0.843. The highest BCUT2D eigenvalue weighted by Gasteiger charge is 2.09. The molecule has 0 saturated heterocycles. The standard InChI is InChI=1S/C16H19NO2S.C4H4O4/c1-17-11-12-6-4-5-7-15(12)20-16-10-13(18-2)8-9-14(16)19-3;5-3(6)1-2-4(7)8/h4-10,17H,11H2,1-3H3;1-2H,(H,5,6)(H,7,8)/b;2-1-. The average molecular weight is 405 g/mol. The summed E-state index contributed by atoms with van der Waals surface area (Å²) in [5, 5.41) is 18.8. The number of aliphatic carboxylic acids is 2. The van der Waals surface area contributed by atoms with E-state index in [4.69, 9.17) is 19.7 Å². The van der Waals surface area contributed by atoms with Gasteiger partial charge in [0.25, 0.3) is 0 Å². The molecule has 0 atom stereocenters. The zero-order valence-electron chi connectivity index (χ0n) is 15.8. The first kappa shape index (κ1) is 23.1. The molecule has 0 unspecified atom stereocenters. The fourth-order valence-corrected chi connectivity index (χ4v) is 3.15. The molecule has 0 aliphatic rings. The molecule has 0 aromatic heterocycles. The third kappa shape index (κ3) is 8.15. The Balaban J connectivity index is 0.000000416. The first-order valence-corrected chi connectivity index (χ1v) is 8.99. The maximum absolute atomic E-state index is 9.55. The second kappa shape index (κ2) is 12.4. The molecule has 2 aromatic carbocycles. The summed E-state index contributed by atoms with van der Waals surface area (Å²) in [5.74, 6) is -0.825. The Bertz CT molecular complexity index is 806. The molecule has 2 rings (SSSR count). The van der Waals surface area contributed by atoms with E-state index in [-0.39, 0.29) is 0 Å². The molecule has 0 radical (unpaired) electrons. The average Bonchev–Trinajstić information content (AvgIpc) is 2.68. The lowest BCUT2D eigenvalue weighted by atomic mass is 10.2. The molecular formula is C20H23NO6S. The van der Waals surface area contributed by atoms with Crippen molar-refractivity contribution in [2.75, 3.05) is 21.3 Å². The molecule has 0 aliphatic heterocycles. The van der Waals surface area contributed by atoms with Crippen molar-refractivity contribution in [2.45, 2.75) is 16.3 Å². The van der Waals surface area contributed by atoms with Gasteiger partial charge in [-0.05, 0) is 36.9 Å². The van der Waals surface area contributed by atoms with Crippen molar-refractivity contribution in [3.05, 3.63) is 60.2 Å². The monoisotopic (exact) mass is 405 g/mol. The summed E-state index contributed by atoms with van der Waals surface area (Å²) in [7, 11) is 5.31. The Morgan fingerprint density at radius 3 is 2.18 bits per heavy atom. The third-order valence-electron chi connectivity index (χ3n) is 3.30. The fourth-order valence-electron chi connectivity index (χ4n) is 2.06. The van der Waals surface area contributed by atoms with Crippen LogP contribution in [0.5, 0.6) is 11.5 Å². The molecule has 0 bridgehead atoms. The van der Waals surface area contributed by atoms with Crippen LogP contribution in [0.2, 0.25) is 0 Å². The smallest absolute Gasteiger partial charge is 0.328 e. The van der Waals surface area contributed by atoms with Crippen LogP contribution >= 0.6 is 11.8 Å². The predicted molar refractivity (Wildman–Crippen MR) is 107 cm³/mol. The summed E-state index contributed by atoms with van der Waals surface area (Å²) in [5.41, 5.74) is 1.27. The molecule has 28 heavy (non-hydrogen) atoms. The van der Waals surface area contributed by atoms with Crippen LogP contribution in [-0.2, 0) is 16.1 Å². The van der Waals surface area contributed by atoms with Crippen LogP contribution in [0.4, 0.5) is 0 Å². The zero-order valence-corrected chi connectivity index (χ0v) is 16.7. The molecule has 0 heterocycles. The van der Waals surface area contributed by atoms with Crippen LogP contribution in [0.25, 0.3) is 0 Å². The second-order valence-electron chi connectivity index (χ2n) is 5.27. The van der Waals surface area contributed by atoms with Crippen LogP contribution < -0.4 is 14.8 Å². The van der Waals surface area contributed by atoms with E-state index in [1.807, 2.05) is 31.3 Å². The van der Waals surface area contributed by atoms with E-state index in [1.165, 1.54) is 10.5 Å². The van der Waals surface area contributed by atoms with Gasteiger partial charge < -0.3 is 25.0 Å². The lowest BCUT2D eigenvalue weighted by Gasteiger charge is -2.12. The highest BCUT2D eigenvalue weighted by atomic mass is 32.2. The number of hydrogen-bond acceptors (Lipinski definition) is 6. The normalized spacial score (nSPS) is 10.1. The Morgan fingerprint density at radius 2 is 1.64 bits per heavy atom. The number of hydrogen-bond donors (Lipinski definition) is 3. The van der Waals surface area contributed by atoms with Crippen molar-refractivity contribution in [1.82, 2.24) is 5.32 Å². The van der Waals surface area contributed by atoms with Gasteiger partial charge in [-0.2, -0.15) is 0 Å². The van der Waals surface area contributed by atoms with Crippen LogP contribution in [0.15, 0.2) is 64.4 Å². The van der Waals surface area contributed by atoms with Gasteiger partial charge in [0.15, 0.2) is 0 Å². The van der Waals surface area contributed by atoms with Crippen LogP contribution in [0.3, 0.4) is 0 Å². The van der Waals surface area contributed by atoms with E-state index < -0.39 is 11.9 Å². The Morgan fingerprint density at radius 1 is 1.00 bits per heavy atom. The molecule has 8 heteroatoms. The third-order valence-corrected chi connectivity index (χ3v) is 4.46. The van der Waals surface area contributed by atoms with Gasteiger partial charge >= 0.3 is 11.9 Å². The molecule has 0 saturated carbocycles. The molecule has 0 aliphatic carbocycles. The predicted octanol–water partition coefficient (Wildman–Crippen LogP) is 3.29. The summed E-state index contributed by atoms with van der Waals surface area (Å²) in [6.07, 6.45) is 1.12. The van der Waals surface area contributed by atoms with Gasteiger partial charge in [0.2, 0.25) is 0 Å².